The van der Waals surface area contributed by atoms with Crippen LogP contribution >= 0.6 is 53.0 Å². The first-order chi connectivity index (χ1) is 9.90. The van der Waals surface area contributed by atoms with Crippen LogP contribution in [0.3, 0.4) is 0 Å². The minimum absolute atomic E-state index is 1.12. The van der Waals surface area contributed by atoms with Crippen molar-refractivity contribution in [1.82, 2.24) is 4.67 Å². The summed E-state index contributed by atoms with van der Waals surface area (Å²) in [5, 5.41) is 0. The van der Waals surface area contributed by atoms with Crippen molar-refractivity contribution >= 4 is 74.5 Å². The number of benzene rings is 2. The molecule has 0 fully saturated rings. The summed E-state index contributed by atoms with van der Waals surface area (Å²) in [4.78, 5) is 0. The van der Waals surface area contributed by atoms with E-state index >= 15 is 0 Å². The predicted octanol–water partition coefficient (Wildman–Crippen LogP) is 6.05. The maximum absolute atomic E-state index is 5.42. The monoisotopic (exact) mass is 525 g/mol. The van der Waals surface area contributed by atoms with Crippen molar-refractivity contribution in [2.75, 3.05) is 0 Å². The first-order valence-corrected chi connectivity index (χ1v) is 25.3. The van der Waals surface area contributed by atoms with Crippen molar-refractivity contribution in [3.05, 3.63) is 71.8 Å². The molecule has 22 heavy (non-hydrogen) atoms. The van der Waals surface area contributed by atoms with Crippen molar-refractivity contribution < 1.29 is 0 Å². The molecule has 0 saturated heterocycles. The van der Waals surface area contributed by atoms with Crippen LogP contribution < -0.4 is 4.67 Å². The van der Waals surface area contributed by atoms with Crippen LogP contribution in [0.4, 0.5) is 0 Å². The average molecular weight is 529 g/mol. The summed E-state index contributed by atoms with van der Waals surface area (Å²) in [5.41, 5.74) is 2.23. The van der Waals surface area contributed by atoms with Gasteiger partial charge in [-0.05, 0) is 24.3 Å². The molecule has 2 rings (SSSR count). The topological polar surface area (TPSA) is 14.1 Å². The molecule has 0 unspecified atom stereocenters. The second-order valence-corrected chi connectivity index (χ2v) is 61.1. The van der Waals surface area contributed by atoms with E-state index in [1.807, 2.05) is 73.1 Å². The van der Waals surface area contributed by atoms with Gasteiger partial charge in [-0.15, -0.1) is 0 Å². The summed E-state index contributed by atoms with van der Waals surface area (Å²) in [6.45, 7) is 0. The standard InChI is InChI=1S/C14H12N.6ClH.Sb/c1-3-7-13(8-4-1)11-15-12-14-9-5-2-6-10-14;;;;;;;/h1-12H;6*1H;/q+1;;;;;;;+5/p-6. The second kappa shape index (κ2) is 7.56. The van der Waals surface area contributed by atoms with Crippen LogP contribution in [0.2, 0.25) is 0 Å². The van der Waals surface area contributed by atoms with E-state index in [1.165, 1.54) is 0 Å². The zero-order valence-electron chi connectivity index (χ0n) is 11.1. The van der Waals surface area contributed by atoms with Gasteiger partial charge in [0.25, 0.3) is 12.4 Å². The van der Waals surface area contributed by atoms with Gasteiger partial charge in [0, 0.05) is 0 Å². The first-order valence-electron chi connectivity index (χ1n) is 5.93. The van der Waals surface area contributed by atoms with Crippen LogP contribution in [0.15, 0.2) is 60.7 Å². The van der Waals surface area contributed by atoms with Gasteiger partial charge in [-0.25, -0.2) is 0 Å². The number of hydrogen-bond donors (Lipinski definition) is 0. The van der Waals surface area contributed by atoms with Gasteiger partial charge in [0.15, 0.2) is 0 Å². The molecule has 1 nitrogen and oxygen atoms in total. The molecular formula is C14H12Cl6NSb. The fourth-order valence-electron chi connectivity index (χ4n) is 1.29. The molecule has 0 N–H and O–H groups in total. The summed E-state index contributed by atoms with van der Waals surface area (Å²) in [7, 11) is 25.0. The Balaban J connectivity index is 0.000000295. The summed E-state index contributed by atoms with van der Waals surface area (Å²) in [6.07, 6.45) is 3.71. The molecule has 0 aliphatic carbocycles. The van der Waals surface area contributed by atoms with Crippen LogP contribution in [0, 0.1) is 0 Å². The van der Waals surface area contributed by atoms with Crippen LogP contribution in [0.5, 0.6) is 0 Å². The third kappa shape index (κ3) is 15.3. The van der Waals surface area contributed by atoms with E-state index < -0.39 is 9.14 Å². The molecule has 0 amide bonds. The van der Waals surface area contributed by atoms with Gasteiger partial charge < -0.3 is 0 Å². The fourth-order valence-corrected chi connectivity index (χ4v) is 1.29. The average Bonchev–Trinajstić information content (AvgIpc) is 2.38. The Hall–Kier alpha value is 0.448. The Morgan fingerprint density at radius 1 is 0.591 bits per heavy atom. The molecule has 2 aromatic carbocycles. The molecule has 0 atom stereocenters. The van der Waals surface area contributed by atoms with Gasteiger partial charge in [0.05, 0.1) is 11.1 Å². The van der Waals surface area contributed by atoms with E-state index in [-0.39, 0.29) is 0 Å². The Morgan fingerprint density at radius 2 is 0.864 bits per heavy atom. The van der Waals surface area contributed by atoms with Crippen LogP contribution in [0.25, 0.3) is 0 Å². The number of hydrogen-bond acceptors (Lipinski definition) is 0. The second-order valence-electron chi connectivity index (χ2n) is 4.19. The van der Waals surface area contributed by atoms with E-state index in [9.17, 15) is 0 Å². The van der Waals surface area contributed by atoms with E-state index in [1.54, 1.807) is 0 Å². The molecular weight excluding hydrogens is 517 g/mol. The Labute approximate surface area is 149 Å². The van der Waals surface area contributed by atoms with Gasteiger partial charge in [-0.2, -0.15) is 0 Å². The van der Waals surface area contributed by atoms with Crippen molar-refractivity contribution in [1.29, 1.82) is 0 Å². The molecule has 0 aliphatic heterocycles. The van der Waals surface area contributed by atoms with Crippen LogP contribution in [0.1, 0.15) is 11.1 Å². The van der Waals surface area contributed by atoms with E-state index in [0.29, 0.717) is 0 Å². The van der Waals surface area contributed by atoms with Crippen molar-refractivity contribution in [3.8, 4) is 0 Å². The Kier molecular flexibility index (Phi) is 7.04. The Bertz CT molecular complexity index is 604. The molecule has 0 bridgehead atoms. The van der Waals surface area contributed by atoms with Gasteiger partial charge in [0.1, 0.15) is 0 Å². The molecule has 2 aromatic rings. The van der Waals surface area contributed by atoms with Crippen LogP contribution in [-0.2, 0) is 0 Å². The molecule has 0 aromatic heterocycles. The summed E-state index contributed by atoms with van der Waals surface area (Å²) < 4.78 is 4.26. The molecule has 0 heterocycles. The zero-order chi connectivity index (χ0) is 16.8. The molecule has 0 radical (unpaired) electrons. The fraction of sp³-hybridized carbons (Fsp3) is 0. The number of rotatable bonds is 2. The normalized spacial score (nSPS) is 13.5. The SMILES string of the molecule is C(=[N+]=Cc1ccccc1)c1ccccc1.[Cl][Sb-]([Cl])([Cl])([Cl])([Cl])[Cl]. The molecule has 0 spiro atoms. The van der Waals surface area contributed by atoms with Crippen molar-refractivity contribution in [3.63, 3.8) is 0 Å². The molecule has 8 heteroatoms. The number of nitrogens with zero attached hydrogens (tertiary/aromatic N) is 1. The predicted molar refractivity (Wildman–Crippen MR) is 106 cm³/mol. The summed E-state index contributed by atoms with van der Waals surface area (Å²) >= 11 is 0. The van der Waals surface area contributed by atoms with E-state index in [0.717, 1.165) is 11.1 Å². The third-order valence-electron chi connectivity index (χ3n) is 2.05. The maximum atomic E-state index is 5.06. The quantitative estimate of drug-likeness (QED) is 0.256. The van der Waals surface area contributed by atoms with Gasteiger partial charge in [-0.1, -0.05) is 41.1 Å². The summed E-state index contributed by atoms with van der Waals surface area (Å²) in [5.74, 6) is 0. The van der Waals surface area contributed by atoms with Gasteiger partial charge in [-0.3, -0.25) is 0 Å². The molecule has 0 saturated carbocycles. The minimum atomic E-state index is -5.42. The van der Waals surface area contributed by atoms with Crippen LogP contribution in [-0.4, -0.2) is 21.6 Å². The molecule has 120 valence electrons. The first kappa shape index (κ1) is 20.5. The van der Waals surface area contributed by atoms with Gasteiger partial charge >= 0.3 is 62.1 Å². The molecule has 0 aliphatic rings. The number of halogens is 6. The van der Waals surface area contributed by atoms with E-state index in [2.05, 4.69) is 4.67 Å². The third-order valence-corrected chi connectivity index (χ3v) is 2.05. The van der Waals surface area contributed by atoms with Crippen molar-refractivity contribution in [2.24, 2.45) is 0 Å². The van der Waals surface area contributed by atoms with Gasteiger partial charge in [0.2, 0.25) is 0 Å². The Morgan fingerprint density at radius 3 is 1.14 bits per heavy atom. The van der Waals surface area contributed by atoms with Crippen molar-refractivity contribution in [2.45, 2.75) is 0 Å². The zero-order valence-corrected chi connectivity index (χ0v) is 18.2. The summed E-state index contributed by atoms with van der Waals surface area (Å²) in [6, 6.07) is 20.1. The van der Waals surface area contributed by atoms with E-state index in [4.69, 9.17) is 53.0 Å².